The molecule has 0 amide bonds. The van der Waals surface area contributed by atoms with Crippen molar-refractivity contribution in [2.24, 2.45) is 0 Å². The lowest BCUT2D eigenvalue weighted by Gasteiger charge is -1.97. The topological polar surface area (TPSA) is 17.1 Å². The highest BCUT2D eigenvalue weighted by Crippen LogP contribution is 2.05. The fourth-order valence-corrected chi connectivity index (χ4v) is 1.05. The Labute approximate surface area is 73.4 Å². The normalized spacial score (nSPS) is 9.75. The van der Waals surface area contributed by atoms with E-state index in [2.05, 4.69) is 6.92 Å². The predicted molar refractivity (Wildman–Crippen MR) is 50.0 cm³/mol. The lowest BCUT2D eigenvalue weighted by Crippen LogP contribution is -1.97. The number of hydrogen-bond acceptors (Lipinski definition) is 1. The van der Waals surface area contributed by atoms with Gasteiger partial charge in [-0.25, -0.2) is 0 Å². The molecule has 0 aliphatic heterocycles. The molecule has 0 aromatic heterocycles. The summed E-state index contributed by atoms with van der Waals surface area (Å²) in [6, 6.07) is 9.39. The molecule has 0 N–H and O–H groups in total. The number of Topliss-reactive ketones (excluding diaryl/α,β-unsaturated/α-hetero) is 1. The largest absolute Gasteiger partial charge is 0.294 e. The zero-order valence-electron chi connectivity index (χ0n) is 7.12. The van der Waals surface area contributed by atoms with E-state index in [4.69, 9.17) is 0 Å². The van der Waals surface area contributed by atoms with Gasteiger partial charge in [-0.2, -0.15) is 0 Å². The summed E-state index contributed by atoms with van der Waals surface area (Å²) in [5, 5.41) is 0. The van der Waals surface area contributed by atoms with E-state index < -0.39 is 0 Å². The van der Waals surface area contributed by atoms with Crippen LogP contribution in [0.3, 0.4) is 0 Å². The van der Waals surface area contributed by atoms with Crippen LogP contribution < -0.4 is 0 Å². The average Bonchev–Trinajstić information content (AvgIpc) is 2.15. The van der Waals surface area contributed by atoms with Crippen LogP contribution in [0.4, 0.5) is 0 Å². The van der Waals surface area contributed by atoms with Gasteiger partial charge in [0.1, 0.15) is 0 Å². The summed E-state index contributed by atoms with van der Waals surface area (Å²) in [5.74, 6) is 0.222. The molecular formula is C11H13O. The molecule has 1 aromatic rings. The van der Waals surface area contributed by atoms with Gasteiger partial charge in [0.25, 0.3) is 0 Å². The molecule has 0 unspecified atom stereocenters. The van der Waals surface area contributed by atoms with E-state index in [1.807, 2.05) is 30.3 Å². The van der Waals surface area contributed by atoms with Crippen molar-refractivity contribution in [2.75, 3.05) is 0 Å². The van der Waals surface area contributed by atoms with Gasteiger partial charge in [-0.15, -0.1) is 0 Å². The maximum Gasteiger partial charge on any atom is 0.162 e. The van der Waals surface area contributed by atoms with Gasteiger partial charge in [0.15, 0.2) is 5.78 Å². The van der Waals surface area contributed by atoms with E-state index in [0.717, 1.165) is 18.4 Å². The first-order chi connectivity index (χ1) is 5.84. The maximum atomic E-state index is 11.4. The van der Waals surface area contributed by atoms with Crippen molar-refractivity contribution >= 4 is 5.78 Å². The van der Waals surface area contributed by atoms with Gasteiger partial charge in [0.2, 0.25) is 0 Å². The smallest absolute Gasteiger partial charge is 0.162 e. The summed E-state index contributed by atoms with van der Waals surface area (Å²) in [6.07, 6.45) is 2.33. The van der Waals surface area contributed by atoms with E-state index in [1.54, 1.807) is 0 Å². The number of unbranched alkanes of at least 4 members (excludes halogenated alkanes) is 1. The Morgan fingerprint density at radius 1 is 1.25 bits per heavy atom. The summed E-state index contributed by atoms with van der Waals surface area (Å²) < 4.78 is 0. The summed E-state index contributed by atoms with van der Waals surface area (Å²) in [4.78, 5) is 11.4. The monoisotopic (exact) mass is 161 g/mol. The van der Waals surface area contributed by atoms with Crippen molar-refractivity contribution in [2.45, 2.75) is 19.3 Å². The molecule has 1 radical (unpaired) electrons. The van der Waals surface area contributed by atoms with Crippen molar-refractivity contribution in [1.29, 1.82) is 0 Å². The van der Waals surface area contributed by atoms with Gasteiger partial charge in [0.05, 0.1) is 0 Å². The standard InChI is InChI=1S/C11H13O/c1-2-3-9-11(12)10-7-5-4-6-8-10/h4-8H,1-3,9H2. The summed E-state index contributed by atoms with van der Waals surface area (Å²) in [7, 11) is 0. The Balaban J connectivity index is 2.54. The van der Waals surface area contributed by atoms with Gasteiger partial charge < -0.3 is 0 Å². The van der Waals surface area contributed by atoms with E-state index >= 15 is 0 Å². The Kier molecular flexibility index (Phi) is 3.52. The third-order valence-electron chi connectivity index (χ3n) is 1.75. The molecule has 1 rings (SSSR count). The summed E-state index contributed by atoms with van der Waals surface area (Å²) in [5.41, 5.74) is 0.811. The second kappa shape index (κ2) is 4.70. The minimum Gasteiger partial charge on any atom is -0.294 e. The van der Waals surface area contributed by atoms with E-state index in [9.17, 15) is 4.79 Å². The Morgan fingerprint density at radius 3 is 2.50 bits per heavy atom. The number of benzene rings is 1. The van der Waals surface area contributed by atoms with Crippen molar-refractivity contribution in [1.82, 2.24) is 0 Å². The molecule has 0 saturated carbocycles. The minimum atomic E-state index is 0.222. The SMILES string of the molecule is [CH2]CCCC(=O)c1ccccc1. The van der Waals surface area contributed by atoms with Gasteiger partial charge in [-0.05, 0) is 6.42 Å². The molecule has 0 aliphatic carbocycles. The molecular weight excluding hydrogens is 148 g/mol. The molecule has 63 valence electrons. The second-order valence-corrected chi connectivity index (χ2v) is 2.75. The third kappa shape index (κ3) is 2.50. The van der Waals surface area contributed by atoms with E-state index in [0.29, 0.717) is 6.42 Å². The van der Waals surface area contributed by atoms with Crippen LogP contribution in [-0.4, -0.2) is 5.78 Å². The molecule has 0 spiro atoms. The van der Waals surface area contributed by atoms with Gasteiger partial charge in [-0.1, -0.05) is 43.7 Å². The molecule has 0 bridgehead atoms. The number of ketones is 1. The zero-order valence-corrected chi connectivity index (χ0v) is 7.12. The van der Waals surface area contributed by atoms with Crippen LogP contribution in [0.2, 0.25) is 0 Å². The molecule has 0 atom stereocenters. The number of carbonyl (C=O) groups is 1. The average molecular weight is 161 g/mol. The summed E-state index contributed by atoms with van der Waals surface area (Å²) in [6.45, 7) is 3.70. The molecule has 1 aromatic carbocycles. The number of hydrogen-bond donors (Lipinski definition) is 0. The zero-order chi connectivity index (χ0) is 8.81. The summed E-state index contributed by atoms with van der Waals surface area (Å²) >= 11 is 0. The Morgan fingerprint density at radius 2 is 1.92 bits per heavy atom. The first-order valence-corrected chi connectivity index (χ1v) is 4.22. The van der Waals surface area contributed by atoms with Crippen molar-refractivity contribution < 1.29 is 4.79 Å². The predicted octanol–water partition coefficient (Wildman–Crippen LogP) is 2.87. The molecule has 0 fully saturated rings. The van der Waals surface area contributed by atoms with Crippen molar-refractivity contribution in [3.8, 4) is 0 Å². The fraction of sp³-hybridized carbons (Fsp3) is 0.273. The van der Waals surface area contributed by atoms with E-state index in [1.165, 1.54) is 0 Å². The Bertz CT molecular complexity index is 238. The minimum absolute atomic E-state index is 0.222. The van der Waals surface area contributed by atoms with Gasteiger partial charge >= 0.3 is 0 Å². The van der Waals surface area contributed by atoms with Crippen LogP contribution in [0.5, 0.6) is 0 Å². The first kappa shape index (κ1) is 8.98. The molecule has 1 heteroatoms. The van der Waals surface area contributed by atoms with Crippen LogP contribution in [0.1, 0.15) is 29.6 Å². The quantitative estimate of drug-likeness (QED) is 0.620. The van der Waals surface area contributed by atoms with Crippen molar-refractivity contribution in [3.05, 3.63) is 42.8 Å². The number of rotatable bonds is 4. The second-order valence-electron chi connectivity index (χ2n) is 2.75. The van der Waals surface area contributed by atoms with Gasteiger partial charge in [-0.3, -0.25) is 4.79 Å². The first-order valence-electron chi connectivity index (χ1n) is 4.22. The van der Waals surface area contributed by atoms with Crippen molar-refractivity contribution in [3.63, 3.8) is 0 Å². The fourth-order valence-electron chi connectivity index (χ4n) is 1.05. The molecule has 0 saturated heterocycles. The van der Waals surface area contributed by atoms with Crippen LogP contribution in [0, 0.1) is 6.92 Å². The molecule has 12 heavy (non-hydrogen) atoms. The highest BCUT2D eigenvalue weighted by Gasteiger charge is 2.02. The molecule has 0 heterocycles. The van der Waals surface area contributed by atoms with E-state index in [-0.39, 0.29) is 5.78 Å². The Hall–Kier alpha value is -1.11. The maximum absolute atomic E-state index is 11.4. The van der Waals surface area contributed by atoms with Crippen LogP contribution >= 0.6 is 0 Å². The van der Waals surface area contributed by atoms with Gasteiger partial charge in [0, 0.05) is 12.0 Å². The third-order valence-corrected chi connectivity index (χ3v) is 1.75. The highest BCUT2D eigenvalue weighted by molar-refractivity contribution is 5.95. The lowest BCUT2D eigenvalue weighted by atomic mass is 10.1. The van der Waals surface area contributed by atoms with Crippen LogP contribution in [0.25, 0.3) is 0 Å². The lowest BCUT2D eigenvalue weighted by molar-refractivity contribution is 0.0980. The molecule has 1 nitrogen and oxygen atoms in total. The highest BCUT2D eigenvalue weighted by atomic mass is 16.1. The molecule has 0 aliphatic rings. The number of carbonyl (C=O) groups excluding carboxylic acids is 1. The van der Waals surface area contributed by atoms with Crippen LogP contribution in [0.15, 0.2) is 30.3 Å². The van der Waals surface area contributed by atoms with Crippen LogP contribution in [-0.2, 0) is 0 Å².